The van der Waals surface area contributed by atoms with Crippen LogP contribution in [0.5, 0.6) is 0 Å². The van der Waals surface area contributed by atoms with Crippen molar-refractivity contribution in [2.24, 2.45) is 5.73 Å². The summed E-state index contributed by atoms with van der Waals surface area (Å²) in [6, 6.07) is 0. The van der Waals surface area contributed by atoms with Gasteiger partial charge in [-0.15, -0.1) is 12.4 Å². The summed E-state index contributed by atoms with van der Waals surface area (Å²) < 4.78 is 5.27. The highest BCUT2D eigenvalue weighted by Gasteiger charge is 2.38. The first-order valence-electron chi connectivity index (χ1n) is 7.10. The fraction of sp³-hybridized carbons (Fsp3) is 0.846. The second-order valence-corrected chi connectivity index (χ2v) is 6.21. The fourth-order valence-corrected chi connectivity index (χ4v) is 3.01. The predicted molar refractivity (Wildman–Crippen MR) is 85.2 cm³/mol. The number of nitrogens with two attached hydrogens (primary N) is 1. The summed E-state index contributed by atoms with van der Waals surface area (Å²) >= 11 is 1.84. The average Bonchev–Trinajstić information content (AvgIpc) is 2.85. The van der Waals surface area contributed by atoms with E-state index in [0.717, 1.165) is 44.0 Å². The lowest BCUT2D eigenvalue weighted by atomic mass is 9.77. The minimum absolute atomic E-state index is 0. The summed E-state index contributed by atoms with van der Waals surface area (Å²) in [5, 5.41) is 4.02. The molecule has 2 rings (SSSR count). The maximum Gasteiger partial charge on any atom is 0.236 e. The van der Waals surface area contributed by atoms with Crippen LogP contribution in [0.3, 0.4) is 0 Å². The van der Waals surface area contributed by atoms with Crippen molar-refractivity contribution in [3.05, 3.63) is 11.7 Å². The Morgan fingerprint density at radius 2 is 2.05 bits per heavy atom. The molecule has 1 saturated carbocycles. The van der Waals surface area contributed by atoms with Gasteiger partial charge in [0.2, 0.25) is 5.89 Å². The molecule has 116 valence electrons. The van der Waals surface area contributed by atoms with Crippen LogP contribution in [0.4, 0.5) is 0 Å². The Morgan fingerprint density at radius 3 is 2.60 bits per heavy atom. The number of halogens is 1. The van der Waals surface area contributed by atoms with Gasteiger partial charge in [0.15, 0.2) is 5.82 Å². The molecule has 0 aromatic carbocycles. The van der Waals surface area contributed by atoms with Gasteiger partial charge in [-0.3, -0.25) is 0 Å². The van der Waals surface area contributed by atoms with E-state index < -0.39 is 0 Å². The lowest BCUT2D eigenvalue weighted by Gasteiger charge is -2.34. The van der Waals surface area contributed by atoms with E-state index in [9.17, 15) is 0 Å². The molecule has 0 saturated heterocycles. The van der Waals surface area contributed by atoms with Gasteiger partial charge in [-0.1, -0.05) is 19.0 Å². The Kier molecular flexibility index (Phi) is 7.29. The van der Waals surface area contributed by atoms with Gasteiger partial charge in [0.1, 0.15) is 0 Å². The Morgan fingerprint density at radius 1 is 1.35 bits per heavy atom. The van der Waals surface area contributed by atoms with Crippen molar-refractivity contribution < 1.29 is 4.52 Å². The first kappa shape index (κ1) is 17.8. The van der Waals surface area contributed by atoms with E-state index in [1.54, 1.807) is 0 Å². The Hall–Kier alpha value is -0.300. The van der Waals surface area contributed by atoms with E-state index in [1.807, 2.05) is 11.8 Å². The van der Waals surface area contributed by atoms with Crippen LogP contribution in [-0.4, -0.2) is 40.4 Å². The number of aromatic nitrogens is 2. The molecule has 0 aliphatic heterocycles. The topological polar surface area (TPSA) is 68.2 Å². The lowest BCUT2D eigenvalue weighted by Crippen LogP contribution is -2.44. The molecule has 5 nitrogen and oxygen atoms in total. The molecule has 1 fully saturated rings. The fourth-order valence-electron chi connectivity index (χ4n) is 2.19. The molecule has 1 aliphatic rings. The maximum atomic E-state index is 6.17. The van der Waals surface area contributed by atoms with Gasteiger partial charge in [0.25, 0.3) is 0 Å². The number of thioether (sulfide) groups is 1. The van der Waals surface area contributed by atoms with Crippen LogP contribution in [0.1, 0.15) is 44.8 Å². The molecule has 0 amide bonds. The first-order valence-corrected chi connectivity index (χ1v) is 8.25. The van der Waals surface area contributed by atoms with E-state index in [2.05, 4.69) is 28.9 Å². The molecule has 20 heavy (non-hydrogen) atoms. The van der Waals surface area contributed by atoms with Crippen molar-refractivity contribution in [1.29, 1.82) is 0 Å². The average molecular weight is 321 g/mol. The quantitative estimate of drug-likeness (QED) is 0.742. The molecular weight excluding hydrogens is 296 g/mol. The van der Waals surface area contributed by atoms with Crippen molar-refractivity contribution >= 4 is 24.2 Å². The summed E-state index contributed by atoms with van der Waals surface area (Å²) in [6.07, 6.45) is 3.11. The summed E-state index contributed by atoms with van der Waals surface area (Å²) in [5.74, 6) is 3.27. The second-order valence-electron chi connectivity index (χ2n) is 5.10. The molecule has 0 unspecified atom stereocenters. The summed E-state index contributed by atoms with van der Waals surface area (Å²) in [4.78, 5) is 6.84. The van der Waals surface area contributed by atoms with Crippen molar-refractivity contribution in [2.75, 3.05) is 25.4 Å². The maximum absolute atomic E-state index is 6.17. The van der Waals surface area contributed by atoms with Gasteiger partial charge >= 0.3 is 0 Å². The summed E-state index contributed by atoms with van der Waals surface area (Å²) in [6.45, 7) is 7.71. The highest BCUT2D eigenvalue weighted by atomic mass is 35.5. The molecule has 1 aromatic heterocycles. The molecule has 1 heterocycles. The predicted octanol–water partition coefficient (Wildman–Crippen LogP) is 2.40. The van der Waals surface area contributed by atoms with Gasteiger partial charge in [0.05, 0.1) is 11.3 Å². The van der Waals surface area contributed by atoms with Crippen molar-refractivity contribution in [1.82, 2.24) is 15.0 Å². The summed E-state index contributed by atoms with van der Waals surface area (Å²) in [7, 11) is 0. The van der Waals surface area contributed by atoms with Crippen molar-refractivity contribution in [2.45, 2.75) is 44.4 Å². The van der Waals surface area contributed by atoms with Crippen LogP contribution < -0.4 is 5.73 Å². The second kappa shape index (κ2) is 8.22. The monoisotopic (exact) mass is 320 g/mol. The minimum Gasteiger partial charge on any atom is -0.338 e. The molecule has 2 N–H and O–H groups in total. The third kappa shape index (κ3) is 4.35. The lowest BCUT2D eigenvalue weighted by molar-refractivity contribution is 0.229. The number of hydrogen-bond donors (Lipinski definition) is 1. The largest absolute Gasteiger partial charge is 0.338 e. The van der Waals surface area contributed by atoms with Crippen LogP contribution in [0.2, 0.25) is 0 Å². The standard InChI is InChI=1S/C13H24N4OS.ClH/c1-3-17(4-2)8-9-19-10-11-15-12(16-18-11)13(14)6-5-7-13;/h3-10,14H2,1-2H3;1H. The molecule has 0 radical (unpaired) electrons. The third-order valence-electron chi connectivity index (χ3n) is 3.83. The van der Waals surface area contributed by atoms with Crippen LogP contribution in [0.15, 0.2) is 4.52 Å². The normalized spacial score (nSPS) is 16.8. The SMILES string of the molecule is CCN(CC)CCSCc1nc(C2(N)CCC2)no1.Cl. The van der Waals surface area contributed by atoms with Gasteiger partial charge < -0.3 is 15.2 Å². The van der Waals surface area contributed by atoms with Crippen LogP contribution >= 0.6 is 24.2 Å². The van der Waals surface area contributed by atoms with Gasteiger partial charge in [-0.25, -0.2) is 0 Å². The molecule has 0 bridgehead atoms. The van der Waals surface area contributed by atoms with E-state index in [1.165, 1.54) is 6.42 Å². The van der Waals surface area contributed by atoms with E-state index >= 15 is 0 Å². The Labute approximate surface area is 131 Å². The molecular formula is C13H25ClN4OS. The highest BCUT2D eigenvalue weighted by Crippen LogP contribution is 2.36. The highest BCUT2D eigenvalue weighted by molar-refractivity contribution is 7.98. The first-order chi connectivity index (χ1) is 9.18. The zero-order valence-electron chi connectivity index (χ0n) is 12.3. The van der Waals surface area contributed by atoms with Gasteiger partial charge in [-0.05, 0) is 32.4 Å². The molecule has 1 aliphatic carbocycles. The van der Waals surface area contributed by atoms with Crippen LogP contribution in [0, 0.1) is 0 Å². The van der Waals surface area contributed by atoms with Crippen LogP contribution in [0.25, 0.3) is 0 Å². The van der Waals surface area contributed by atoms with E-state index in [0.29, 0.717) is 11.7 Å². The number of rotatable bonds is 8. The molecule has 0 atom stereocenters. The third-order valence-corrected chi connectivity index (χ3v) is 4.75. The minimum atomic E-state index is -0.312. The van der Waals surface area contributed by atoms with E-state index in [-0.39, 0.29) is 17.9 Å². The molecule has 1 aromatic rings. The Bertz CT molecular complexity index is 393. The van der Waals surface area contributed by atoms with Gasteiger partial charge in [-0.2, -0.15) is 16.7 Å². The molecule has 0 spiro atoms. The number of hydrogen-bond acceptors (Lipinski definition) is 6. The zero-order valence-corrected chi connectivity index (χ0v) is 13.9. The van der Waals surface area contributed by atoms with E-state index in [4.69, 9.17) is 10.3 Å². The van der Waals surface area contributed by atoms with Crippen molar-refractivity contribution in [3.63, 3.8) is 0 Å². The van der Waals surface area contributed by atoms with Gasteiger partial charge in [0, 0.05) is 12.3 Å². The van der Waals surface area contributed by atoms with Crippen molar-refractivity contribution in [3.8, 4) is 0 Å². The Balaban J connectivity index is 0.00000200. The molecule has 7 heteroatoms. The number of nitrogens with zero attached hydrogens (tertiary/aromatic N) is 3. The van der Waals surface area contributed by atoms with Crippen LogP contribution in [-0.2, 0) is 11.3 Å². The zero-order chi connectivity index (χ0) is 13.7. The summed E-state index contributed by atoms with van der Waals surface area (Å²) in [5.41, 5.74) is 5.86. The smallest absolute Gasteiger partial charge is 0.236 e.